The van der Waals surface area contributed by atoms with Crippen LogP contribution in [-0.2, 0) is 11.3 Å². The normalized spacial score (nSPS) is 21.0. The fraction of sp³-hybridized carbons (Fsp3) is 0.571. The summed E-state index contributed by atoms with van der Waals surface area (Å²) in [5, 5.41) is 9.62. The van der Waals surface area contributed by atoms with E-state index >= 15 is 0 Å². The summed E-state index contributed by atoms with van der Waals surface area (Å²) in [6.07, 6.45) is 3.58. The number of carbonyl (C=O) groups is 1. The topological polar surface area (TPSA) is 81.9 Å². The van der Waals surface area contributed by atoms with Crippen molar-refractivity contribution in [1.82, 2.24) is 19.4 Å². The molecule has 0 aliphatic carbocycles. The van der Waals surface area contributed by atoms with E-state index in [9.17, 15) is 9.59 Å². The van der Waals surface area contributed by atoms with E-state index in [2.05, 4.69) is 21.8 Å². The zero-order valence-corrected chi connectivity index (χ0v) is 17.0. The minimum atomic E-state index is -0.136. The SMILES string of the molecule is CN1CCCC(C(=O)N2CCN(c3ccc4c(=O)n(CCO)cnc4c3)CC2)C1. The third-order valence-corrected chi connectivity index (χ3v) is 6.08. The first-order valence-electron chi connectivity index (χ1n) is 10.4. The van der Waals surface area contributed by atoms with E-state index in [4.69, 9.17) is 5.11 Å². The van der Waals surface area contributed by atoms with Gasteiger partial charge in [0, 0.05) is 38.4 Å². The molecule has 3 heterocycles. The molecule has 0 radical (unpaired) electrons. The van der Waals surface area contributed by atoms with Crippen molar-refractivity contribution in [2.24, 2.45) is 5.92 Å². The Balaban J connectivity index is 1.43. The molecule has 1 aromatic carbocycles. The molecule has 1 unspecified atom stereocenters. The molecule has 8 nitrogen and oxygen atoms in total. The van der Waals surface area contributed by atoms with Gasteiger partial charge < -0.3 is 19.8 Å². The van der Waals surface area contributed by atoms with Crippen molar-refractivity contribution >= 4 is 22.5 Å². The molecule has 0 bridgehead atoms. The van der Waals surface area contributed by atoms with Crippen molar-refractivity contribution in [2.75, 3.05) is 57.8 Å². The minimum Gasteiger partial charge on any atom is -0.395 e. The van der Waals surface area contributed by atoms with Crippen LogP contribution in [0.1, 0.15) is 12.8 Å². The predicted molar refractivity (Wildman–Crippen MR) is 112 cm³/mol. The number of aliphatic hydroxyl groups excluding tert-OH is 1. The second-order valence-electron chi connectivity index (χ2n) is 8.08. The van der Waals surface area contributed by atoms with Crippen LogP contribution in [0.3, 0.4) is 0 Å². The van der Waals surface area contributed by atoms with Crippen LogP contribution in [0, 0.1) is 5.92 Å². The molecule has 2 fully saturated rings. The van der Waals surface area contributed by atoms with E-state index in [1.165, 1.54) is 10.9 Å². The van der Waals surface area contributed by atoms with Gasteiger partial charge in [0.15, 0.2) is 0 Å². The quantitative estimate of drug-likeness (QED) is 0.801. The van der Waals surface area contributed by atoms with Gasteiger partial charge in [-0.1, -0.05) is 0 Å². The summed E-state index contributed by atoms with van der Waals surface area (Å²) in [6.45, 7) is 5.11. The monoisotopic (exact) mass is 399 g/mol. The van der Waals surface area contributed by atoms with Crippen molar-refractivity contribution in [3.8, 4) is 0 Å². The zero-order valence-electron chi connectivity index (χ0n) is 17.0. The summed E-state index contributed by atoms with van der Waals surface area (Å²) in [5.74, 6) is 0.423. The number of nitrogens with zero attached hydrogens (tertiary/aromatic N) is 5. The van der Waals surface area contributed by atoms with Gasteiger partial charge in [-0.3, -0.25) is 14.2 Å². The fourth-order valence-electron chi connectivity index (χ4n) is 4.42. The summed E-state index contributed by atoms with van der Waals surface area (Å²) in [5.41, 5.74) is 1.54. The van der Waals surface area contributed by atoms with Crippen LogP contribution < -0.4 is 10.5 Å². The van der Waals surface area contributed by atoms with Crippen molar-refractivity contribution in [3.63, 3.8) is 0 Å². The van der Waals surface area contributed by atoms with Gasteiger partial charge in [-0.2, -0.15) is 0 Å². The zero-order chi connectivity index (χ0) is 20.4. The van der Waals surface area contributed by atoms with Crippen LogP contribution in [0.4, 0.5) is 5.69 Å². The molecule has 4 rings (SSSR count). The van der Waals surface area contributed by atoms with E-state index in [0.29, 0.717) is 16.8 Å². The number of hydrogen-bond donors (Lipinski definition) is 1. The highest BCUT2D eigenvalue weighted by Gasteiger charge is 2.30. The number of fused-ring (bicyclic) bond motifs is 1. The molecular weight excluding hydrogens is 370 g/mol. The van der Waals surface area contributed by atoms with Crippen LogP contribution >= 0.6 is 0 Å². The van der Waals surface area contributed by atoms with Gasteiger partial charge in [-0.25, -0.2) is 4.98 Å². The van der Waals surface area contributed by atoms with Gasteiger partial charge in [0.2, 0.25) is 5.91 Å². The number of hydrogen-bond acceptors (Lipinski definition) is 6. The van der Waals surface area contributed by atoms with E-state index in [1.54, 1.807) is 0 Å². The van der Waals surface area contributed by atoms with Crippen LogP contribution in [0.2, 0.25) is 0 Å². The Hall–Kier alpha value is -2.45. The van der Waals surface area contributed by atoms with Crippen LogP contribution in [-0.4, -0.2) is 83.3 Å². The Bertz CT molecular complexity index is 936. The van der Waals surface area contributed by atoms with Crippen molar-refractivity contribution in [3.05, 3.63) is 34.9 Å². The van der Waals surface area contributed by atoms with Gasteiger partial charge in [0.05, 0.1) is 36.3 Å². The average Bonchev–Trinajstić information content (AvgIpc) is 2.75. The standard InChI is InChI=1S/C21H29N5O3/c1-23-6-2-3-16(14-23)20(28)25-9-7-24(8-10-25)17-4-5-18-19(13-17)22-15-26(11-12-27)21(18)29/h4-5,13,15-16,27H,2-3,6-12,14H2,1H3. The summed E-state index contributed by atoms with van der Waals surface area (Å²) < 4.78 is 1.43. The first-order chi connectivity index (χ1) is 14.1. The number of rotatable bonds is 4. The first-order valence-corrected chi connectivity index (χ1v) is 10.4. The summed E-state index contributed by atoms with van der Waals surface area (Å²) >= 11 is 0. The maximum atomic E-state index is 12.9. The molecule has 1 aromatic heterocycles. The number of amides is 1. The number of anilines is 1. The van der Waals surface area contributed by atoms with Gasteiger partial charge in [-0.15, -0.1) is 0 Å². The number of carbonyl (C=O) groups excluding carboxylic acids is 1. The van der Waals surface area contributed by atoms with E-state index in [0.717, 1.165) is 57.8 Å². The third kappa shape index (κ3) is 4.13. The second-order valence-corrected chi connectivity index (χ2v) is 8.08. The molecule has 156 valence electrons. The fourth-order valence-corrected chi connectivity index (χ4v) is 4.42. The van der Waals surface area contributed by atoms with Crippen LogP contribution in [0.25, 0.3) is 10.9 Å². The molecule has 2 aliphatic heterocycles. The number of aromatic nitrogens is 2. The van der Waals surface area contributed by atoms with Crippen molar-refractivity contribution < 1.29 is 9.90 Å². The number of piperidine rings is 1. The van der Waals surface area contributed by atoms with Gasteiger partial charge >= 0.3 is 0 Å². The average molecular weight is 399 g/mol. The minimum absolute atomic E-state index is 0.0919. The maximum Gasteiger partial charge on any atom is 0.261 e. The predicted octanol–water partition coefficient (Wildman–Crippen LogP) is 0.379. The third-order valence-electron chi connectivity index (χ3n) is 6.08. The highest BCUT2D eigenvalue weighted by Crippen LogP contribution is 2.22. The van der Waals surface area contributed by atoms with Crippen LogP contribution in [0.15, 0.2) is 29.3 Å². The summed E-state index contributed by atoms with van der Waals surface area (Å²) in [4.78, 5) is 36.2. The van der Waals surface area contributed by atoms with E-state index in [-0.39, 0.29) is 24.6 Å². The molecule has 0 spiro atoms. The number of aliphatic hydroxyl groups is 1. The maximum absolute atomic E-state index is 12.9. The highest BCUT2D eigenvalue weighted by atomic mass is 16.3. The molecular formula is C21H29N5O3. The molecule has 8 heteroatoms. The Morgan fingerprint density at radius 3 is 2.72 bits per heavy atom. The lowest BCUT2D eigenvalue weighted by molar-refractivity contribution is -0.137. The first kappa shape index (κ1) is 19.8. The smallest absolute Gasteiger partial charge is 0.261 e. The van der Waals surface area contributed by atoms with Crippen molar-refractivity contribution in [2.45, 2.75) is 19.4 Å². The highest BCUT2D eigenvalue weighted by molar-refractivity contribution is 5.82. The number of piperazine rings is 1. The molecule has 2 aliphatic rings. The van der Waals surface area contributed by atoms with Crippen molar-refractivity contribution in [1.29, 1.82) is 0 Å². The van der Waals surface area contributed by atoms with Crippen LogP contribution in [0.5, 0.6) is 0 Å². The van der Waals surface area contributed by atoms with E-state index in [1.807, 2.05) is 23.1 Å². The Morgan fingerprint density at radius 1 is 1.21 bits per heavy atom. The summed E-state index contributed by atoms with van der Waals surface area (Å²) in [6, 6.07) is 5.69. The second kappa shape index (κ2) is 8.51. The number of likely N-dealkylation sites (tertiary alicyclic amines) is 1. The Kier molecular flexibility index (Phi) is 5.82. The van der Waals surface area contributed by atoms with Gasteiger partial charge in [0.1, 0.15) is 0 Å². The lowest BCUT2D eigenvalue weighted by atomic mass is 9.96. The molecule has 1 N–H and O–H groups in total. The molecule has 2 aromatic rings. The molecule has 1 atom stereocenters. The molecule has 0 saturated carbocycles. The van der Waals surface area contributed by atoms with E-state index < -0.39 is 0 Å². The lowest BCUT2D eigenvalue weighted by Gasteiger charge is -2.39. The number of benzene rings is 1. The van der Waals surface area contributed by atoms with Gasteiger partial charge in [0.25, 0.3) is 5.56 Å². The molecule has 2 saturated heterocycles. The lowest BCUT2D eigenvalue weighted by Crippen LogP contribution is -2.52. The molecule has 1 amide bonds. The largest absolute Gasteiger partial charge is 0.395 e. The van der Waals surface area contributed by atoms with Gasteiger partial charge in [-0.05, 0) is 44.6 Å². The Labute approximate surface area is 170 Å². The Morgan fingerprint density at radius 2 is 2.00 bits per heavy atom. The molecule has 29 heavy (non-hydrogen) atoms. The summed E-state index contributed by atoms with van der Waals surface area (Å²) in [7, 11) is 2.09.